The van der Waals surface area contributed by atoms with E-state index in [9.17, 15) is 4.79 Å². The fraction of sp³-hybridized carbons (Fsp3) is 0.419. The fourth-order valence-corrected chi connectivity index (χ4v) is 6.10. The molecule has 250 valence electrons. The van der Waals surface area contributed by atoms with Crippen molar-refractivity contribution in [1.82, 2.24) is 4.90 Å². The van der Waals surface area contributed by atoms with Crippen LogP contribution in [0.2, 0.25) is 0 Å². The lowest BCUT2D eigenvalue weighted by Crippen LogP contribution is -2.40. The highest BCUT2D eigenvalue weighted by atomic mass is 16.6. The minimum atomic E-state index is -0.522. The van der Waals surface area contributed by atoms with E-state index in [1.807, 2.05) is 20.8 Å². The van der Waals surface area contributed by atoms with E-state index in [2.05, 4.69) is 128 Å². The summed E-state index contributed by atoms with van der Waals surface area (Å²) in [5.74, 6) is 0.779. The Labute approximate surface area is 284 Å². The highest BCUT2D eigenvalue weighted by Crippen LogP contribution is 2.30. The molecule has 0 fully saturated rings. The highest BCUT2D eigenvalue weighted by Gasteiger charge is 2.29. The van der Waals surface area contributed by atoms with Gasteiger partial charge in [0.15, 0.2) is 0 Å². The molecule has 0 aromatic heterocycles. The van der Waals surface area contributed by atoms with Gasteiger partial charge in [0.2, 0.25) is 0 Å². The van der Waals surface area contributed by atoms with Crippen LogP contribution in [-0.4, -0.2) is 29.1 Å². The minimum absolute atomic E-state index is 0.000808. The van der Waals surface area contributed by atoms with Gasteiger partial charge in [0.1, 0.15) is 11.4 Å². The first-order chi connectivity index (χ1) is 22.7. The Morgan fingerprint density at radius 3 is 1.94 bits per heavy atom. The predicted molar refractivity (Wildman–Crippen MR) is 196 cm³/mol. The van der Waals surface area contributed by atoms with E-state index in [0.717, 1.165) is 38.2 Å². The van der Waals surface area contributed by atoms with E-state index in [1.54, 1.807) is 0 Å². The van der Waals surface area contributed by atoms with Gasteiger partial charge >= 0.3 is 5.97 Å². The molecule has 2 atom stereocenters. The number of carbonyl (C=O) groups is 1. The molecule has 4 rings (SSSR count). The Balaban J connectivity index is 1.46. The van der Waals surface area contributed by atoms with Crippen LogP contribution in [0, 0.1) is 0 Å². The second kappa shape index (κ2) is 18.4. The largest absolute Gasteiger partial charge is 0.494 e. The molecule has 0 aliphatic heterocycles. The summed E-state index contributed by atoms with van der Waals surface area (Å²) in [6.45, 7) is 11.8. The van der Waals surface area contributed by atoms with E-state index in [0.29, 0.717) is 6.42 Å². The molecule has 4 nitrogen and oxygen atoms in total. The maximum absolute atomic E-state index is 13.3. The predicted octanol–water partition coefficient (Wildman–Crippen LogP) is 11.0. The molecule has 0 bridgehead atoms. The Bertz CT molecular complexity index is 1440. The van der Waals surface area contributed by atoms with Crippen molar-refractivity contribution < 1.29 is 14.3 Å². The Hall–Kier alpha value is -3.89. The van der Waals surface area contributed by atoms with Crippen molar-refractivity contribution >= 4 is 5.97 Å². The van der Waals surface area contributed by atoms with Crippen LogP contribution in [0.5, 0.6) is 5.75 Å². The van der Waals surface area contributed by atoms with Crippen molar-refractivity contribution in [3.8, 4) is 16.9 Å². The maximum Gasteiger partial charge on any atom is 0.307 e. The van der Waals surface area contributed by atoms with Crippen LogP contribution in [0.15, 0.2) is 109 Å². The van der Waals surface area contributed by atoms with Crippen molar-refractivity contribution in [3.05, 3.63) is 126 Å². The van der Waals surface area contributed by atoms with Gasteiger partial charge in [-0.3, -0.25) is 9.69 Å². The summed E-state index contributed by atoms with van der Waals surface area (Å²) >= 11 is 0. The van der Waals surface area contributed by atoms with Crippen LogP contribution in [0.4, 0.5) is 0 Å². The third kappa shape index (κ3) is 12.3. The molecule has 0 aliphatic rings. The minimum Gasteiger partial charge on any atom is -0.494 e. The first-order valence-corrected chi connectivity index (χ1v) is 17.6. The van der Waals surface area contributed by atoms with Gasteiger partial charge in [-0.15, -0.1) is 0 Å². The lowest BCUT2D eigenvalue weighted by molar-refractivity contribution is -0.156. The van der Waals surface area contributed by atoms with Crippen molar-refractivity contribution in [3.63, 3.8) is 0 Å². The van der Waals surface area contributed by atoms with Crippen LogP contribution < -0.4 is 4.74 Å². The standard InChI is InChI=1S/C43H55NO3/c1-6-7-8-9-16-31-46-41-29-26-39(27-30-41)38-24-21-35(22-25-38)23-28-40(32-42(45)47-43(3,4)5)44(33-36-17-12-10-13-18-36)34(2)37-19-14-11-15-20-37/h10-15,17-22,24-27,29-30,34,40H,6-9,16,23,28,31-33H2,1-5H3/t34-,40?/m1/s1. The van der Waals surface area contributed by atoms with E-state index in [-0.39, 0.29) is 18.1 Å². The first kappa shape index (κ1) is 36.0. The summed E-state index contributed by atoms with van der Waals surface area (Å²) in [6.07, 6.45) is 8.25. The average Bonchev–Trinajstić information content (AvgIpc) is 3.07. The van der Waals surface area contributed by atoms with Gasteiger partial charge in [-0.1, -0.05) is 130 Å². The monoisotopic (exact) mass is 633 g/mol. The van der Waals surface area contributed by atoms with Gasteiger partial charge in [0, 0.05) is 18.6 Å². The quantitative estimate of drug-likeness (QED) is 0.0807. The molecule has 4 aromatic rings. The van der Waals surface area contributed by atoms with Gasteiger partial charge in [-0.05, 0) is 86.9 Å². The van der Waals surface area contributed by atoms with Crippen LogP contribution in [0.1, 0.15) is 102 Å². The Morgan fingerprint density at radius 2 is 1.32 bits per heavy atom. The van der Waals surface area contributed by atoms with E-state index in [4.69, 9.17) is 9.47 Å². The van der Waals surface area contributed by atoms with E-state index < -0.39 is 5.60 Å². The number of nitrogens with zero attached hydrogens (tertiary/aromatic N) is 1. The zero-order valence-electron chi connectivity index (χ0n) is 29.3. The number of aryl methyl sites for hydroxylation is 1. The summed E-state index contributed by atoms with van der Waals surface area (Å²) < 4.78 is 11.8. The summed E-state index contributed by atoms with van der Waals surface area (Å²) in [7, 11) is 0. The summed E-state index contributed by atoms with van der Waals surface area (Å²) in [5, 5.41) is 0. The smallest absolute Gasteiger partial charge is 0.307 e. The number of hydrogen-bond acceptors (Lipinski definition) is 4. The zero-order chi connectivity index (χ0) is 33.5. The normalized spacial score (nSPS) is 12.9. The molecule has 47 heavy (non-hydrogen) atoms. The fourth-order valence-electron chi connectivity index (χ4n) is 6.10. The molecule has 0 radical (unpaired) electrons. The van der Waals surface area contributed by atoms with Gasteiger partial charge in [-0.25, -0.2) is 0 Å². The zero-order valence-corrected chi connectivity index (χ0v) is 29.3. The maximum atomic E-state index is 13.3. The highest BCUT2D eigenvalue weighted by molar-refractivity contribution is 5.70. The molecule has 0 amide bonds. The first-order valence-electron chi connectivity index (χ1n) is 17.6. The Kier molecular flexibility index (Phi) is 14.1. The van der Waals surface area contributed by atoms with E-state index >= 15 is 0 Å². The van der Waals surface area contributed by atoms with Crippen molar-refractivity contribution in [2.75, 3.05) is 6.61 Å². The number of benzene rings is 4. The third-order valence-corrected chi connectivity index (χ3v) is 8.70. The molecule has 4 heteroatoms. The van der Waals surface area contributed by atoms with Gasteiger partial charge < -0.3 is 9.47 Å². The second-order valence-corrected chi connectivity index (χ2v) is 13.7. The SMILES string of the molecule is CCCCCCCOc1ccc(-c2ccc(CCC(CC(=O)OC(C)(C)C)N(Cc3ccccc3)[C@H](C)c3ccccc3)cc2)cc1. The topological polar surface area (TPSA) is 38.8 Å². The molecule has 0 saturated heterocycles. The lowest BCUT2D eigenvalue weighted by Gasteiger charge is -2.37. The number of unbranched alkanes of at least 4 members (excludes halogenated alkanes) is 4. The number of ether oxygens (including phenoxy) is 2. The number of esters is 1. The summed E-state index contributed by atoms with van der Waals surface area (Å²) in [4.78, 5) is 15.8. The van der Waals surface area contributed by atoms with Crippen LogP contribution >= 0.6 is 0 Å². The number of hydrogen-bond donors (Lipinski definition) is 0. The molecule has 0 N–H and O–H groups in total. The summed E-state index contributed by atoms with van der Waals surface area (Å²) in [5.41, 5.74) is 5.58. The van der Waals surface area contributed by atoms with Gasteiger partial charge in [0.25, 0.3) is 0 Å². The second-order valence-electron chi connectivity index (χ2n) is 13.7. The molecule has 1 unspecified atom stereocenters. The molecule has 0 saturated carbocycles. The molecule has 4 aromatic carbocycles. The van der Waals surface area contributed by atoms with Crippen molar-refractivity contribution in [2.45, 2.75) is 110 Å². The molecular weight excluding hydrogens is 578 g/mol. The lowest BCUT2D eigenvalue weighted by atomic mass is 9.96. The van der Waals surface area contributed by atoms with Gasteiger partial charge in [0.05, 0.1) is 13.0 Å². The average molecular weight is 634 g/mol. The van der Waals surface area contributed by atoms with Gasteiger partial charge in [-0.2, -0.15) is 0 Å². The molecule has 0 spiro atoms. The van der Waals surface area contributed by atoms with Crippen molar-refractivity contribution in [1.29, 1.82) is 0 Å². The summed E-state index contributed by atoms with van der Waals surface area (Å²) in [6, 6.07) is 38.6. The number of rotatable bonds is 18. The number of carbonyl (C=O) groups excluding carboxylic acids is 1. The third-order valence-electron chi connectivity index (χ3n) is 8.70. The van der Waals surface area contributed by atoms with Crippen LogP contribution in [-0.2, 0) is 22.5 Å². The van der Waals surface area contributed by atoms with Crippen molar-refractivity contribution in [2.24, 2.45) is 0 Å². The van der Waals surface area contributed by atoms with E-state index in [1.165, 1.54) is 53.5 Å². The molecular formula is C43H55NO3. The molecule has 0 aliphatic carbocycles. The van der Waals surface area contributed by atoms with Crippen LogP contribution in [0.25, 0.3) is 11.1 Å². The Morgan fingerprint density at radius 1 is 0.723 bits per heavy atom. The van der Waals surface area contributed by atoms with Crippen LogP contribution in [0.3, 0.4) is 0 Å². The molecule has 0 heterocycles.